The number of nitrogens with zero attached hydrogens (tertiary/aromatic N) is 1. The van der Waals surface area contributed by atoms with Gasteiger partial charge in [0, 0.05) is 19.3 Å². The van der Waals surface area contributed by atoms with Gasteiger partial charge in [-0.15, -0.1) is 0 Å². The molecule has 1 aliphatic carbocycles. The van der Waals surface area contributed by atoms with Gasteiger partial charge in [0.05, 0.1) is 0 Å². The monoisotopic (exact) mass is 189 g/mol. The van der Waals surface area contributed by atoms with Crippen molar-refractivity contribution in [3.63, 3.8) is 0 Å². The third-order valence-corrected chi connectivity index (χ3v) is 3.01. The van der Waals surface area contributed by atoms with Crippen molar-refractivity contribution in [2.75, 3.05) is 18.5 Å². The average Bonchev–Trinajstić information content (AvgIpc) is 3.02. The predicted octanol–water partition coefficient (Wildman–Crippen LogP) is 3.10. The van der Waals surface area contributed by atoms with E-state index in [1.165, 1.54) is 30.6 Å². The molecule has 0 saturated heterocycles. The van der Waals surface area contributed by atoms with Crippen molar-refractivity contribution in [3.8, 4) is 0 Å². The van der Waals surface area contributed by atoms with Gasteiger partial charge in [-0.1, -0.05) is 19.1 Å². The van der Waals surface area contributed by atoms with Crippen LogP contribution in [0.4, 0.5) is 5.69 Å². The number of rotatable bonds is 4. The number of aryl methyl sites for hydroxylation is 1. The van der Waals surface area contributed by atoms with Gasteiger partial charge in [-0.25, -0.2) is 0 Å². The van der Waals surface area contributed by atoms with Crippen molar-refractivity contribution in [2.24, 2.45) is 5.92 Å². The minimum atomic E-state index is 0.964. The third kappa shape index (κ3) is 2.28. The maximum absolute atomic E-state index is 2.37. The minimum Gasteiger partial charge on any atom is -0.374 e. The van der Waals surface area contributed by atoms with E-state index in [4.69, 9.17) is 0 Å². The first-order valence-corrected chi connectivity index (χ1v) is 5.59. The molecule has 0 spiro atoms. The molecule has 1 fully saturated rings. The van der Waals surface area contributed by atoms with Crippen LogP contribution < -0.4 is 4.90 Å². The molecule has 0 bridgehead atoms. The van der Waals surface area contributed by atoms with Gasteiger partial charge in [0.1, 0.15) is 0 Å². The lowest BCUT2D eigenvalue weighted by atomic mass is 10.1. The fourth-order valence-electron chi connectivity index (χ4n) is 1.78. The number of hydrogen-bond acceptors (Lipinski definition) is 1. The molecule has 0 amide bonds. The first kappa shape index (κ1) is 9.57. The van der Waals surface area contributed by atoms with Crippen molar-refractivity contribution in [2.45, 2.75) is 26.2 Å². The standard InChI is InChI=1S/C13H19N/c1-3-11-6-8-13(9-7-11)14(2)10-12-4-5-12/h6-9,12H,3-5,10H2,1-2H3. The number of benzene rings is 1. The van der Waals surface area contributed by atoms with E-state index in [1.807, 2.05) is 0 Å². The Morgan fingerprint density at radius 3 is 2.36 bits per heavy atom. The Balaban J connectivity index is 1.99. The fourth-order valence-corrected chi connectivity index (χ4v) is 1.78. The topological polar surface area (TPSA) is 3.24 Å². The lowest BCUT2D eigenvalue weighted by molar-refractivity contribution is 0.787. The van der Waals surface area contributed by atoms with E-state index in [-0.39, 0.29) is 0 Å². The van der Waals surface area contributed by atoms with Crippen LogP contribution in [0.1, 0.15) is 25.3 Å². The zero-order valence-corrected chi connectivity index (χ0v) is 9.16. The van der Waals surface area contributed by atoms with E-state index in [0.29, 0.717) is 0 Å². The minimum absolute atomic E-state index is 0.964. The van der Waals surface area contributed by atoms with E-state index in [0.717, 1.165) is 12.3 Å². The number of hydrogen-bond donors (Lipinski definition) is 0. The van der Waals surface area contributed by atoms with Gasteiger partial charge < -0.3 is 4.90 Å². The van der Waals surface area contributed by atoms with Gasteiger partial charge in [-0.3, -0.25) is 0 Å². The van der Waals surface area contributed by atoms with Gasteiger partial charge in [-0.2, -0.15) is 0 Å². The summed E-state index contributed by atoms with van der Waals surface area (Å²) in [6.45, 7) is 3.42. The van der Waals surface area contributed by atoms with Crippen LogP contribution >= 0.6 is 0 Å². The van der Waals surface area contributed by atoms with Crippen molar-refractivity contribution < 1.29 is 0 Å². The van der Waals surface area contributed by atoms with E-state index < -0.39 is 0 Å². The highest BCUT2D eigenvalue weighted by molar-refractivity contribution is 5.47. The molecule has 0 N–H and O–H groups in total. The zero-order valence-electron chi connectivity index (χ0n) is 9.16. The quantitative estimate of drug-likeness (QED) is 0.703. The predicted molar refractivity (Wildman–Crippen MR) is 61.8 cm³/mol. The molecular formula is C13H19N. The first-order valence-electron chi connectivity index (χ1n) is 5.59. The van der Waals surface area contributed by atoms with Gasteiger partial charge in [-0.05, 0) is 42.9 Å². The van der Waals surface area contributed by atoms with Crippen molar-refractivity contribution in [3.05, 3.63) is 29.8 Å². The molecule has 0 radical (unpaired) electrons. The summed E-state index contributed by atoms with van der Waals surface area (Å²) in [5.41, 5.74) is 2.78. The Hall–Kier alpha value is -0.980. The molecule has 2 rings (SSSR count). The maximum atomic E-state index is 2.37. The molecule has 1 aromatic carbocycles. The lowest BCUT2D eigenvalue weighted by Crippen LogP contribution is -2.19. The normalized spacial score (nSPS) is 15.6. The maximum Gasteiger partial charge on any atom is 0.0363 e. The van der Waals surface area contributed by atoms with Crippen LogP contribution in [0.3, 0.4) is 0 Å². The van der Waals surface area contributed by atoms with Crippen LogP contribution in [0.15, 0.2) is 24.3 Å². The van der Waals surface area contributed by atoms with Gasteiger partial charge in [0.15, 0.2) is 0 Å². The molecule has 1 aromatic rings. The van der Waals surface area contributed by atoms with E-state index in [1.54, 1.807) is 0 Å². The third-order valence-electron chi connectivity index (χ3n) is 3.01. The van der Waals surface area contributed by atoms with E-state index >= 15 is 0 Å². The summed E-state index contributed by atoms with van der Waals surface area (Å²) in [6.07, 6.45) is 3.99. The van der Waals surface area contributed by atoms with Gasteiger partial charge in [0.2, 0.25) is 0 Å². The van der Waals surface area contributed by atoms with Crippen molar-refractivity contribution in [1.29, 1.82) is 0 Å². The smallest absolute Gasteiger partial charge is 0.0363 e. The first-order chi connectivity index (χ1) is 6.79. The summed E-state index contributed by atoms with van der Waals surface area (Å²) < 4.78 is 0. The summed E-state index contributed by atoms with van der Waals surface area (Å²) in [5, 5.41) is 0. The summed E-state index contributed by atoms with van der Waals surface area (Å²) in [6, 6.07) is 8.94. The molecular weight excluding hydrogens is 170 g/mol. The molecule has 1 aliphatic rings. The fraction of sp³-hybridized carbons (Fsp3) is 0.538. The highest BCUT2D eigenvalue weighted by atomic mass is 15.1. The van der Waals surface area contributed by atoms with Crippen LogP contribution in [0.25, 0.3) is 0 Å². The molecule has 0 aliphatic heterocycles. The molecule has 14 heavy (non-hydrogen) atoms. The Kier molecular flexibility index (Phi) is 2.76. The second-order valence-electron chi connectivity index (χ2n) is 4.34. The van der Waals surface area contributed by atoms with Gasteiger partial charge in [0.25, 0.3) is 0 Å². The summed E-state index contributed by atoms with van der Waals surface area (Å²) in [7, 11) is 2.19. The van der Waals surface area contributed by atoms with Crippen molar-refractivity contribution in [1.82, 2.24) is 0 Å². The Morgan fingerprint density at radius 2 is 1.86 bits per heavy atom. The molecule has 1 nitrogen and oxygen atoms in total. The van der Waals surface area contributed by atoms with Crippen LogP contribution in [-0.4, -0.2) is 13.6 Å². The molecule has 1 heteroatoms. The highest BCUT2D eigenvalue weighted by Crippen LogP contribution is 2.30. The number of anilines is 1. The largest absolute Gasteiger partial charge is 0.374 e. The Morgan fingerprint density at radius 1 is 1.21 bits per heavy atom. The highest BCUT2D eigenvalue weighted by Gasteiger charge is 2.22. The SMILES string of the molecule is CCc1ccc(N(C)CC2CC2)cc1. The molecule has 0 heterocycles. The van der Waals surface area contributed by atoms with E-state index in [9.17, 15) is 0 Å². The van der Waals surface area contributed by atoms with Gasteiger partial charge >= 0.3 is 0 Å². The van der Waals surface area contributed by atoms with Crippen LogP contribution in [0, 0.1) is 5.92 Å². The van der Waals surface area contributed by atoms with Crippen LogP contribution in [0.2, 0.25) is 0 Å². The summed E-state index contributed by atoms with van der Waals surface area (Å²) in [4.78, 5) is 2.37. The Labute approximate surface area is 86.7 Å². The molecule has 0 aromatic heterocycles. The second-order valence-corrected chi connectivity index (χ2v) is 4.34. The Bertz CT molecular complexity index is 285. The molecule has 0 atom stereocenters. The zero-order chi connectivity index (χ0) is 9.97. The lowest BCUT2D eigenvalue weighted by Gasteiger charge is -2.19. The molecule has 1 saturated carbocycles. The summed E-state index contributed by atoms with van der Waals surface area (Å²) in [5.74, 6) is 0.964. The summed E-state index contributed by atoms with van der Waals surface area (Å²) >= 11 is 0. The molecule has 76 valence electrons. The van der Waals surface area contributed by atoms with Crippen molar-refractivity contribution >= 4 is 5.69 Å². The average molecular weight is 189 g/mol. The second kappa shape index (κ2) is 4.04. The molecule has 0 unspecified atom stereocenters. The van der Waals surface area contributed by atoms with E-state index in [2.05, 4.69) is 43.1 Å². The van der Waals surface area contributed by atoms with Crippen LogP contribution in [0.5, 0.6) is 0 Å². The van der Waals surface area contributed by atoms with Crippen LogP contribution in [-0.2, 0) is 6.42 Å².